The van der Waals surface area contributed by atoms with Gasteiger partial charge in [-0.05, 0) is 48.1 Å². The standard InChI is InChI=1S/C8H20N2/c1-8(10(4)5)6-7-9(2)3/h8H,6-7H2,1-5H3/t8-/m1/s1. The number of rotatable bonds is 4. The fourth-order valence-electron chi connectivity index (χ4n) is 0.703. The molecular weight excluding hydrogens is 124 g/mol. The number of hydrogen-bond acceptors (Lipinski definition) is 2. The zero-order valence-corrected chi connectivity index (χ0v) is 7.89. The van der Waals surface area contributed by atoms with Gasteiger partial charge in [-0.3, -0.25) is 0 Å². The molecule has 0 aromatic carbocycles. The fourth-order valence-corrected chi connectivity index (χ4v) is 0.703. The van der Waals surface area contributed by atoms with Crippen molar-refractivity contribution in [3.05, 3.63) is 0 Å². The molecule has 1 atom stereocenters. The molecule has 0 aliphatic carbocycles. The topological polar surface area (TPSA) is 6.48 Å². The molecule has 0 saturated carbocycles. The van der Waals surface area contributed by atoms with Gasteiger partial charge in [0.25, 0.3) is 0 Å². The third-order valence-corrected chi connectivity index (χ3v) is 1.88. The van der Waals surface area contributed by atoms with Crippen LogP contribution in [0.4, 0.5) is 0 Å². The first-order valence-corrected chi connectivity index (χ1v) is 3.85. The zero-order chi connectivity index (χ0) is 8.15. The van der Waals surface area contributed by atoms with Crippen molar-refractivity contribution in [1.82, 2.24) is 9.80 Å². The maximum atomic E-state index is 2.25. The van der Waals surface area contributed by atoms with Crippen LogP contribution < -0.4 is 0 Å². The van der Waals surface area contributed by atoms with Crippen molar-refractivity contribution in [1.29, 1.82) is 0 Å². The van der Waals surface area contributed by atoms with E-state index in [9.17, 15) is 0 Å². The second-order valence-electron chi connectivity index (χ2n) is 3.40. The molecule has 10 heavy (non-hydrogen) atoms. The Balaban J connectivity index is 3.30. The van der Waals surface area contributed by atoms with E-state index in [-0.39, 0.29) is 0 Å². The molecule has 0 heterocycles. The first kappa shape index (κ1) is 9.92. The van der Waals surface area contributed by atoms with Crippen molar-refractivity contribution in [2.75, 3.05) is 34.7 Å². The predicted molar refractivity (Wildman–Crippen MR) is 46.3 cm³/mol. The van der Waals surface area contributed by atoms with Gasteiger partial charge >= 0.3 is 0 Å². The van der Waals surface area contributed by atoms with Gasteiger partial charge in [0.2, 0.25) is 0 Å². The molecule has 0 radical (unpaired) electrons. The van der Waals surface area contributed by atoms with Gasteiger partial charge in [0, 0.05) is 6.04 Å². The van der Waals surface area contributed by atoms with E-state index in [0.29, 0.717) is 6.04 Å². The molecule has 0 fully saturated rings. The van der Waals surface area contributed by atoms with Gasteiger partial charge in [-0.1, -0.05) is 0 Å². The van der Waals surface area contributed by atoms with Crippen molar-refractivity contribution in [2.24, 2.45) is 0 Å². The van der Waals surface area contributed by atoms with Crippen LogP contribution in [0.25, 0.3) is 0 Å². The Hall–Kier alpha value is -0.0800. The van der Waals surface area contributed by atoms with Gasteiger partial charge in [0.05, 0.1) is 0 Å². The molecule has 0 aliphatic rings. The summed E-state index contributed by atoms with van der Waals surface area (Å²) < 4.78 is 0. The van der Waals surface area contributed by atoms with E-state index in [0.717, 1.165) is 0 Å². The summed E-state index contributed by atoms with van der Waals surface area (Å²) in [5.41, 5.74) is 0. The van der Waals surface area contributed by atoms with Gasteiger partial charge in [0.1, 0.15) is 0 Å². The Morgan fingerprint density at radius 3 is 1.90 bits per heavy atom. The number of nitrogens with zero attached hydrogens (tertiary/aromatic N) is 2. The fraction of sp³-hybridized carbons (Fsp3) is 1.00. The van der Waals surface area contributed by atoms with Crippen LogP contribution >= 0.6 is 0 Å². The summed E-state index contributed by atoms with van der Waals surface area (Å²) in [6.45, 7) is 3.43. The van der Waals surface area contributed by atoms with Crippen LogP contribution in [0, 0.1) is 0 Å². The highest BCUT2D eigenvalue weighted by Gasteiger charge is 2.03. The first-order valence-electron chi connectivity index (χ1n) is 3.85. The molecule has 2 heteroatoms. The van der Waals surface area contributed by atoms with Gasteiger partial charge < -0.3 is 9.80 Å². The smallest absolute Gasteiger partial charge is 0.00730 e. The molecular formula is C8H20N2. The Kier molecular flexibility index (Phi) is 4.65. The third kappa shape index (κ3) is 4.77. The SMILES string of the molecule is C[C@H](CCN(C)C)N(C)C. The van der Waals surface area contributed by atoms with Gasteiger partial charge in [-0.15, -0.1) is 0 Å². The van der Waals surface area contributed by atoms with Crippen molar-refractivity contribution >= 4 is 0 Å². The second kappa shape index (κ2) is 4.69. The third-order valence-electron chi connectivity index (χ3n) is 1.88. The van der Waals surface area contributed by atoms with Gasteiger partial charge in [0.15, 0.2) is 0 Å². The maximum absolute atomic E-state index is 2.25. The zero-order valence-electron chi connectivity index (χ0n) is 7.89. The van der Waals surface area contributed by atoms with E-state index < -0.39 is 0 Å². The van der Waals surface area contributed by atoms with Crippen LogP contribution in [-0.2, 0) is 0 Å². The molecule has 0 aliphatic heterocycles. The molecule has 0 unspecified atom stereocenters. The molecule has 0 saturated heterocycles. The van der Waals surface area contributed by atoms with Crippen LogP contribution in [0.3, 0.4) is 0 Å². The molecule has 0 rings (SSSR count). The Bertz CT molecular complexity index is 79.3. The lowest BCUT2D eigenvalue weighted by Crippen LogP contribution is -2.28. The summed E-state index contributed by atoms with van der Waals surface area (Å²) in [5, 5.41) is 0. The van der Waals surface area contributed by atoms with Crippen LogP contribution in [0.15, 0.2) is 0 Å². The average Bonchev–Trinajstić information content (AvgIpc) is 1.82. The second-order valence-corrected chi connectivity index (χ2v) is 3.40. The van der Waals surface area contributed by atoms with Crippen LogP contribution in [0.5, 0.6) is 0 Å². The molecule has 0 spiro atoms. The molecule has 2 nitrogen and oxygen atoms in total. The predicted octanol–water partition coefficient (Wildman–Crippen LogP) is 0.888. The summed E-state index contributed by atoms with van der Waals surface area (Å²) in [4.78, 5) is 4.48. The highest BCUT2D eigenvalue weighted by atomic mass is 15.1. The number of hydrogen-bond donors (Lipinski definition) is 0. The minimum absolute atomic E-state index is 0.697. The maximum Gasteiger partial charge on any atom is 0.00730 e. The van der Waals surface area contributed by atoms with Gasteiger partial charge in [-0.25, -0.2) is 0 Å². The molecule has 0 amide bonds. The largest absolute Gasteiger partial charge is 0.309 e. The lowest BCUT2D eigenvalue weighted by atomic mass is 10.2. The van der Waals surface area contributed by atoms with E-state index in [1.165, 1.54) is 13.0 Å². The van der Waals surface area contributed by atoms with Crippen LogP contribution in [0.1, 0.15) is 13.3 Å². The summed E-state index contributed by atoms with van der Waals surface area (Å²) in [6, 6.07) is 0.697. The normalized spacial score (nSPS) is 14.7. The lowest BCUT2D eigenvalue weighted by molar-refractivity contribution is 0.267. The van der Waals surface area contributed by atoms with Crippen molar-refractivity contribution in [2.45, 2.75) is 19.4 Å². The highest BCUT2D eigenvalue weighted by molar-refractivity contribution is 4.60. The molecule has 0 N–H and O–H groups in total. The van der Waals surface area contributed by atoms with E-state index in [1.807, 2.05) is 0 Å². The molecule has 0 aromatic heterocycles. The molecule has 0 aromatic rings. The highest BCUT2D eigenvalue weighted by Crippen LogP contribution is 1.97. The Morgan fingerprint density at radius 1 is 1.10 bits per heavy atom. The lowest BCUT2D eigenvalue weighted by Gasteiger charge is -2.21. The summed E-state index contributed by atoms with van der Waals surface area (Å²) >= 11 is 0. The van der Waals surface area contributed by atoms with E-state index in [4.69, 9.17) is 0 Å². The van der Waals surface area contributed by atoms with Crippen molar-refractivity contribution < 1.29 is 0 Å². The first-order chi connectivity index (χ1) is 4.54. The minimum atomic E-state index is 0.697. The van der Waals surface area contributed by atoms with E-state index in [2.05, 4.69) is 44.9 Å². The van der Waals surface area contributed by atoms with Crippen molar-refractivity contribution in [3.63, 3.8) is 0 Å². The Morgan fingerprint density at radius 2 is 1.60 bits per heavy atom. The quantitative estimate of drug-likeness (QED) is 0.578. The van der Waals surface area contributed by atoms with Crippen LogP contribution in [-0.4, -0.2) is 50.6 Å². The summed E-state index contributed by atoms with van der Waals surface area (Å²) in [6.07, 6.45) is 1.25. The van der Waals surface area contributed by atoms with E-state index in [1.54, 1.807) is 0 Å². The molecule has 0 bridgehead atoms. The Labute approximate surface area is 64.8 Å². The average molecular weight is 144 g/mol. The van der Waals surface area contributed by atoms with Crippen molar-refractivity contribution in [3.8, 4) is 0 Å². The summed E-state index contributed by atoms with van der Waals surface area (Å²) in [7, 11) is 8.48. The minimum Gasteiger partial charge on any atom is -0.309 e. The summed E-state index contributed by atoms with van der Waals surface area (Å²) in [5.74, 6) is 0. The van der Waals surface area contributed by atoms with Gasteiger partial charge in [-0.2, -0.15) is 0 Å². The molecule has 62 valence electrons. The van der Waals surface area contributed by atoms with Crippen LogP contribution in [0.2, 0.25) is 0 Å². The van der Waals surface area contributed by atoms with E-state index >= 15 is 0 Å². The monoisotopic (exact) mass is 144 g/mol.